The van der Waals surface area contributed by atoms with E-state index in [0.717, 1.165) is 19.1 Å². The average molecular weight is 681 g/mol. The summed E-state index contributed by atoms with van der Waals surface area (Å²) in [7, 11) is -2.05. The number of Topliss-reactive ketones (excluding diaryl/α,β-unsaturated/α-hetero) is 1. The van der Waals surface area contributed by atoms with Gasteiger partial charge in [-0.1, -0.05) is 68.7 Å². The van der Waals surface area contributed by atoms with Gasteiger partial charge in [0.05, 0.1) is 6.26 Å². The second-order valence-corrected chi connectivity index (χ2v) is 19.2. The number of nitrogens with zero attached hydrogens (tertiary/aromatic N) is 2. The maximum atomic E-state index is 14.4. The lowest BCUT2D eigenvalue weighted by atomic mass is 9.85. The number of carbonyl (C=O) groups is 5. The zero-order chi connectivity index (χ0) is 35.7. The van der Waals surface area contributed by atoms with E-state index in [4.69, 9.17) is 0 Å². The summed E-state index contributed by atoms with van der Waals surface area (Å²) < 4.78 is 25.4. The third kappa shape index (κ3) is 7.63. The van der Waals surface area contributed by atoms with Crippen molar-refractivity contribution < 1.29 is 32.4 Å². The van der Waals surface area contributed by atoms with Crippen molar-refractivity contribution in [1.29, 1.82) is 0 Å². The summed E-state index contributed by atoms with van der Waals surface area (Å²) in [5, 5.41) is 11.4. The van der Waals surface area contributed by atoms with Crippen molar-refractivity contribution in [3.8, 4) is 0 Å². The number of rotatable bonds is 12. The summed E-state index contributed by atoms with van der Waals surface area (Å²) in [6, 6.07) is -3.08. The quantitative estimate of drug-likeness (QED) is 0.227. The van der Waals surface area contributed by atoms with Gasteiger partial charge in [-0.3, -0.25) is 19.2 Å². The molecular formula is C33H56N6O7S. The first kappa shape index (κ1) is 37.1. The molecule has 266 valence electrons. The van der Waals surface area contributed by atoms with Gasteiger partial charge in [0.25, 0.3) is 5.91 Å². The minimum atomic E-state index is -3.50. The highest BCUT2D eigenvalue weighted by molar-refractivity contribution is 7.88. The average Bonchev–Trinajstić information content (AvgIpc) is 3.88. The Kier molecular flexibility index (Phi) is 9.70. The molecule has 0 aromatic heterocycles. The minimum absolute atomic E-state index is 0.00676. The predicted molar refractivity (Wildman–Crippen MR) is 177 cm³/mol. The Bertz CT molecular complexity index is 1410. The third-order valence-electron chi connectivity index (χ3n) is 11.0. The summed E-state index contributed by atoms with van der Waals surface area (Å²) in [5.41, 5.74) is -2.73. The molecule has 0 bridgehead atoms. The number of nitrogens with one attached hydrogen (secondary N) is 4. The Hall–Kier alpha value is -2.74. The first-order valence-corrected chi connectivity index (χ1v) is 18.7. The zero-order valence-corrected chi connectivity index (χ0v) is 30.8. The first-order valence-electron chi connectivity index (χ1n) is 16.8. The van der Waals surface area contributed by atoms with Crippen LogP contribution in [0, 0.1) is 34.0 Å². The summed E-state index contributed by atoms with van der Waals surface area (Å²) in [4.78, 5) is 69.7. The van der Waals surface area contributed by atoms with Crippen LogP contribution in [-0.2, 0) is 29.2 Å². The van der Waals surface area contributed by atoms with Crippen LogP contribution < -0.4 is 21.3 Å². The molecule has 0 radical (unpaired) electrons. The van der Waals surface area contributed by atoms with Gasteiger partial charge in [0, 0.05) is 32.2 Å². The van der Waals surface area contributed by atoms with E-state index in [1.165, 1.54) is 16.3 Å². The van der Waals surface area contributed by atoms with E-state index in [-0.39, 0.29) is 35.8 Å². The van der Waals surface area contributed by atoms with E-state index >= 15 is 0 Å². The Balaban J connectivity index is 1.54. The number of carbonyl (C=O) groups excluding carboxylic acids is 5. The van der Waals surface area contributed by atoms with Crippen LogP contribution in [0.5, 0.6) is 0 Å². The zero-order valence-electron chi connectivity index (χ0n) is 29.9. The smallest absolute Gasteiger partial charge is 0.315 e. The van der Waals surface area contributed by atoms with Crippen LogP contribution in [0.15, 0.2) is 0 Å². The molecule has 4 aliphatic rings. The Morgan fingerprint density at radius 2 is 1.57 bits per heavy atom. The predicted octanol–water partition coefficient (Wildman–Crippen LogP) is 1.62. The number of hydrogen-bond donors (Lipinski definition) is 4. The normalized spacial score (nSPS) is 29.3. The van der Waals surface area contributed by atoms with E-state index in [0.29, 0.717) is 19.4 Å². The number of urea groups is 1. The molecule has 0 aromatic carbocycles. The molecule has 3 saturated carbocycles. The molecule has 3 aliphatic carbocycles. The van der Waals surface area contributed by atoms with E-state index in [1.54, 1.807) is 0 Å². The monoisotopic (exact) mass is 680 g/mol. The van der Waals surface area contributed by atoms with E-state index in [1.807, 2.05) is 48.5 Å². The van der Waals surface area contributed by atoms with Crippen molar-refractivity contribution in [3.05, 3.63) is 0 Å². The molecule has 47 heavy (non-hydrogen) atoms. The molecule has 13 nitrogen and oxygen atoms in total. The molecule has 0 spiro atoms. The van der Waals surface area contributed by atoms with Gasteiger partial charge in [-0.2, -0.15) is 0 Å². The van der Waals surface area contributed by atoms with E-state index in [2.05, 4.69) is 35.1 Å². The fourth-order valence-electron chi connectivity index (χ4n) is 7.17. The van der Waals surface area contributed by atoms with Crippen molar-refractivity contribution in [2.45, 2.75) is 118 Å². The van der Waals surface area contributed by atoms with Crippen LogP contribution >= 0.6 is 0 Å². The van der Waals surface area contributed by atoms with Crippen LogP contribution in [0.1, 0.15) is 88.0 Å². The standard InChI is InChI=1S/C33H56N6O7S/c1-12-18-15-33(18,25(40)27(42)34-19-13-14-19)37-26(41)23-22-20(32(22,8)9)16-39(23)28(43)24(31(5,6)7)36-29(44)35-21(30(2,3)4)17-38(10)47(11,45)46/h18-24H,12-17H2,1-11H3,(H,34,42)(H,37,41)(H2,35,36,44)/t18?,20-,21+,22-,23-,24+,33-/m0/s1. The lowest BCUT2D eigenvalue weighted by molar-refractivity contribution is -0.146. The number of sulfonamides is 1. The van der Waals surface area contributed by atoms with Crippen molar-refractivity contribution in [3.63, 3.8) is 0 Å². The summed E-state index contributed by atoms with van der Waals surface area (Å²) in [6.45, 7) is 17.5. The molecule has 0 aromatic rings. The molecule has 1 saturated heterocycles. The molecule has 14 heteroatoms. The Labute approximate surface area is 280 Å². The topological polar surface area (TPSA) is 174 Å². The largest absolute Gasteiger partial charge is 0.347 e. The van der Waals surface area contributed by atoms with E-state index in [9.17, 15) is 32.4 Å². The molecule has 1 unspecified atom stereocenters. The second kappa shape index (κ2) is 12.3. The number of piperidine rings is 1. The van der Waals surface area contributed by atoms with Crippen LogP contribution in [-0.4, -0.2) is 103 Å². The Morgan fingerprint density at radius 1 is 0.979 bits per heavy atom. The number of amides is 5. The fraction of sp³-hybridized carbons (Fsp3) is 0.848. The second-order valence-electron chi connectivity index (χ2n) is 17.1. The van der Waals surface area contributed by atoms with Gasteiger partial charge in [0.15, 0.2) is 0 Å². The van der Waals surface area contributed by atoms with Gasteiger partial charge in [0.1, 0.15) is 17.6 Å². The van der Waals surface area contributed by atoms with Crippen molar-refractivity contribution in [1.82, 2.24) is 30.5 Å². The van der Waals surface area contributed by atoms with Gasteiger partial charge in [-0.15, -0.1) is 0 Å². The maximum Gasteiger partial charge on any atom is 0.315 e. The van der Waals surface area contributed by atoms with Crippen molar-refractivity contribution in [2.75, 3.05) is 26.4 Å². The molecule has 4 fully saturated rings. The van der Waals surface area contributed by atoms with Gasteiger partial charge >= 0.3 is 6.03 Å². The third-order valence-corrected chi connectivity index (χ3v) is 12.3. The summed E-state index contributed by atoms with van der Waals surface area (Å²) >= 11 is 0. The molecule has 1 heterocycles. The number of fused-ring (bicyclic) bond motifs is 1. The lowest BCUT2D eigenvalue weighted by Gasteiger charge is -2.39. The maximum absolute atomic E-state index is 14.4. The Morgan fingerprint density at radius 3 is 2.04 bits per heavy atom. The SMILES string of the molecule is CCC1C[C@@]1(NC(=O)[C@@H]1[C@@H]2[C@H](CN1C(=O)[C@@H](NC(=O)N[C@H](CN(C)S(C)(=O)=O)C(C)(C)C)C(C)(C)C)C2(C)C)C(=O)C(=O)NC1CC1. The molecule has 5 amide bonds. The highest BCUT2D eigenvalue weighted by atomic mass is 32.2. The number of ketones is 1. The minimum Gasteiger partial charge on any atom is -0.347 e. The molecule has 4 rings (SSSR count). The van der Waals surface area contributed by atoms with Crippen LogP contribution in [0.3, 0.4) is 0 Å². The number of likely N-dealkylation sites (N-methyl/N-ethyl adjacent to an activating group) is 1. The van der Waals surface area contributed by atoms with E-state index < -0.39 is 74.1 Å². The molecular weight excluding hydrogens is 624 g/mol. The highest BCUT2D eigenvalue weighted by Gasteiger charge is 2.71. The number of likely N-dealkylation sites (tertiary alicyclic amines) is 1. The van der Waals surface area contributed by atoms with Gasteiger partial charge in [0.2, 0.25) is 27.6 Å². The van der Waals surface area contributed by atoms with Crippen molar-refractivity contribution in [2.24, 2.45) is 34.0 Å². The first-order chi connectivity index (χ1) is 21.4. The van der Waals surface area contributed by atoms with Crippen LogP contribution in [0.25, 0.3) is 0 Å². The fourth-order valence-corrected chi connectivity index (χ4v) is 7.59. The molecule has 4 N–H and O–H groups in total. The van der Waals surface area contributed by atoms with Gasteiger partial charge < -0.3 is 26.2 Å². The van der Waals surface area contributed by atoms with Gasteiger partial charge in [-0.05, 0) is 53.3 Å². The van der Waals surface area contributed by atoms with Crippen LogP contribution in [0.2, 0.25) is 0 Å². The highest BCUT2D eigenvalue weighted by Crippen LogP contribution is 2.65. The molecule has 7 atom stereocenters. The van der Waals surface area contributed by atoms with Crippen molar-refractivity contribution >= 4 is 39.6 Å². The summed E-state index contributed by atoms with van der Waals surface area (Å²) in [6.07, 6.45) is 3.76. The summed E-state index contributed by atoms with van der Waals surface area (Å²) in [5.74, 6) is -2.40. The lowest BCUT2D eigenvalue weighted by Crippen LogP contribution is -2.63. The number of hydrogen-bond acceptors (Lipinski definition) is 7. The van der Waals surface area contributed by atoms with Crippen LogP contribution in [0.4, 0.5) is 4.79 Å². The molecule has 1 aliphatic heterocycles. The van der Waals surface area contributed by atoms with Gasteiger partial charge in [-0.25, -0.2) is 17.5 Å².